The Bertz CT molecular complexity index is 1800. The monoisotopic (exact) mass is 722 g/mol. The summed E-state index contributed by atoms with van der Waals surface area (Å²) in [5.74, 6) is -0.694. The van der Waals surface area contributed by atoms with Crippen LogP contribution in [0.4, 0.5) is 14.5 Å². The number of hydrogen-bond acceptors (Lipinski definition) is 4. The van der Waals surface area contributed by atoms with Gasteiger partial charge in [0.15, 0.2) is 0 Å². The number of carbonyl (C=O) groups excluding carboxylic acids is 2. The summed E-state index contributed by atoms with van der Waals surface area (Å²) in [4.78, 5) is 33.1. The first-order chi connectivity index (χ1) is 25.5. The van der Waals surface area contributed by atoms with Crippen molar-refractivity contribution in [1.82, 2.24) is 15.1 Å². The zero-order valence-electron chi connectivity index (χ0n) is 31.6. The van der Waals surface area contributed by atoms with E-state index in [1.807, 2.05) is 24.3 Å². The van der Waals surface area contributed by atoms with Crippen LogP contribution in [0.1, 0.15) is 59.5 Å². The van der Waals surface area contributed by atoms with Crippen LogP contribution in [-0.2, 0) is 29.1 Å². The van der Waals surface area contributed by atoms with Crippen LogP contribution >= 0.6 is 0 Å². The van der Waals surface area contributed by atoms with E-state index in [0.717, 1.165) is 79.0 Å². The third-order valence-electron chi connectivity index (χ3n) is 11.3. The van der Waals surface area contributed by atoms with Gasteiger partial charge < -0.3 is 14.7 Å². The molecule has 0 aromatic heterocycles. The lowest BCUT2D eigenvalue weighted by molar-refractivity contribution is -0.921. The SMILES string of the molecule is CC(CCC1C(=O)N(c2ccc(F)cc2)C1c1ccc(CNC(=O)Cc2ccc(C[N+]3(C)CCN(C)CCN(C)CC3)cc2)cc1)c1ccc(F)cc1. The smallest absolute Gasteiger partial charge is 0.233 e. The standard InChI is InChI=1S/C44H53F2N5O2/c1-32(36-14-16-38(45)17-15-36)5-22-41-43(50(44(41)53)40-20-18-39(46)19-21-40)37-12-10-34(11-13-37)30-47-42(52)29-33-6-8-35(9-7-33)31-51(4)27-25-48(2)23-24-49(3)26-28-51/h6-21,32,41,43H,5,22-31H2,1-4H3/p+1. The molecule has 7 nitrogen and oxygen atoms in total. The van der Waals surface area contributed by atoms with Crippen molar-refractivity contribution in [2.45, 2.75) is 51.2 Å². The molecule has 280 valence electrons. The van der Waals surface area contributed by atoms with Crippen LogP contribution in [0.3, 0.4) is 0 Å². The number of nitrogens with one attached hydrogen (secondary N) is 1. The number of anilines is 1. The van der Waals surface area contributed by atoms with Crippen molar-refractivity contribution in [2.24, 2.45) is 5.92 Å². The fourth-order valence-electron chi connectivity index (χ4n) is 7.63. The first-order valence-electron chi connectivity index (χ1n) is 18.9. The van der Waals surface area contributed by atoms with Crippen molar-refractivity contribution >= 4 is 17.5 Å². The molecule has 2 fully saturated rings. The molecular weight excluding hydrogens is 669 g/mol. The van der Waals surface area contributed by atoms with Crippen LogP contribution in [0.5, 0.6) is 0 Å². The van der Waals surface area contributed by atoms with Crippen LogP contribution in [0.15, 0.2) is 97.1 Å². The molecule has 2 saturated heterocycles. The molecule has 6 rings (SSSR count). The average Bonchev–Trinajstić information content (AvgIpc) is 3.21. The van der Waals surface area contributed by atoms with Gasteiger partial charge in [-0.3, -0.25) is 19.4 Å². The number of quaternary nitrogens is 1. The minimum absolute atomic E-state index is 0.0153. The largest absolute Gasteiger partial charge is 0.352 e. The molecule has 2 aliphatic rings. The van der Waals surface area contributed by atoms with Crippen LogP contribution in [-0.4, -0.2) is 86.5 Å². The second-order valence-corrected chi connectivity index (χ2v) is 15.6. The highest BCUT2D eigenvalue weighted by atomic mass is 19.1. The predicted molar refractivity (Wildman–Crippen MR) is 207 cm³/mol. The number of carbonyl (C=O) groups is 2. The molecule has 0 spiro atoms. The fraction of sp³-hybridized carbons (Fsp3) is 0.409. The van der Waals surface area contributed by atoms with E-state index in [1.54, 1.807) is 29.2 Å². The Morgan fingerprint density at radius 3 is 1.92 bits per heavy atom. The number of benzene rings is 4. The number of β-lactam (4-membered cyclic amide) rings is 1. The Morgan fingerprint density at radius 2 is 1.32 bits per heavy atom. The van der Waals surface area contributed by atoms with E-state index in [1.165, 1.54) is 29.8 Å². The quantitative estimate of drug-likeness (QED) is 0.127. The second kappa shape index (κ2) is 17.1. The Labute approximate surface area is 313 Å². The van der Waals surface area contributed by atoms with Gasteiger partial charge in [-0.15, -0.1) is 0 Å². The predicted octanol–water partition coefficient (Wildman–Crippen LogP) is 6.94. The lowest BCUT2D eigenvalue weighted by Gasteiger charge is -2.48. The first-order valence-corrected chi connectivity index (χ1v) is 18.9. The van der Waals surface area contributed by atoms with Crippen molar-refractivity contribution in [3.63, 3.8) is 0 Å². The Morgan fingerprint density at radius 1 is 0.774 bits per heavy atom. The molecule has 0 bridgehead atoms. The fourth-order valence-corrected chi connectivity index (χ4v) is 7.63. The third kappa shape index (κ3) is 9.96. The van der Waals surface area contributed by atoms with Crippen LogP contribution in [0.2, 0.25) is 0 Å². The zero-order valence-corrected chi connectivity index (χ0v) is 31.6. The van der Waals surface area contributed by atoms with E-state index in [-0.39, 0.29) is 41.3 Å². The number of amides is 2. The first kappa shape index (κ1) is 38.3. The molecule has 1 N–H and O–H groups in total. The lowest BCUT2D eigenvalue weighted by Crippen LogP contribution is -2.55. The molecule has 4 aromatic rings. The highest BCUT2D eigenvalue weighted by Crippen LogP contribution is 2.46. The third-order valence-corrected chi connectivity index (χ3v) is 11.3. The van der Waals surface area contributed by atoms with Gasteiger partial charge in [-0.1, -0.05) is 67.6 Å². The molecule has 3 unspecified atom stereocenters. The molecule has 2 amide bonds. The lowest BCUT2D eigenvalue weighted by atomic mass is 9.77. The van der Waals surface area contributed by atoms with Gasteiger partial charge in [0.05, 0.1) is 38.5 Å². The molecule has 2 aliphatic heterocycles. The van der Waals surface area contributed by atoms with E-state index in [0.29, 0.717) is 25.1 Å². The molecule has 0 radical (unpaired) electrons. The maximum atomic E-state index is 13.8. The van der Waals surface area contributed by atoms with Crippen LogP contribution in [0, 0.1) is 17.6 Å². The number of halogens is 2. The number of rotatable bonds is 12. The maximum Gasteiger partial charge on any atom is 0.233 e. The summed E-state index contributed by atoms with van der Waals surface area (Å²) in [5, 5.41) is 3.07. The molecular formula is C44H54F2N5O2+. The molecule has 2 heterocycles. The van der Waals surface area contributed by atoms with Gasteiger partial charge in [-0.05, 0) is 91.5 Å². The maximum absolute atomic E-state index is 13.8. The van der Waals surface area contributed by atoms with Crippen LogP contribution < -0.4 is 10.2 Å². The zero-order chi connectivity index (χ0) is 37.5. The molecule has 4 aromatic carbocycles. The summed E-state index contributed by atoms with van der Waals surface area (Å²) >= 11 is 0. The van der Waals surface area contributed by atoms with Crippen molar-refractivity contribution in [3.05, 3.63) is 137 Å². The number of likely N-dealkylation sites (N-methyl/N-ethyl adjacent to an activating group) is 3. The summed E-state index contributed by atoms with van der Waals surface area (Å²) in [6, 6.07) is 28.9. The molecule has 53 heavy (non-hydrogen) atoms. The summed E-state index contributed by atoms with van der Waals surface area (Å²) in [6.07, 6.45) is 1.76. The topological polar surface area (TPSA) is 55.9 Å². The summed E-state index contributed by atoms with van der Waals surface area (Å²) in [6.45, 7) is 10.1. The van der Waals surface area contributed by atoms with Crippen molar-refractivity contribution in [3.8, 4) is 0 Å². The van der Waals surface area contributed by atoms with Gasteiger partial charge in [-0.2, -0.15) is 0 Å². The Kier molecular flexibility index (Phi) is 12.4. The van der Waals surface area contributed by atoms with Gasteiger partial charge in [0, 0.05) is 44.0 Å². The second-order valence-electron chi connectivity index (χ2n) is 15.6. The summed E-state index contributed by atoms with van der Waals surface area (Å²) in [5.41, 5.74) is 5.94. The van der Waals surface area contributed by atoms with Gasteiger partial charge in [0.2, 0.25) is 11.8 Å². The van der Waals surface area contributed by atoms with Gasteiger partial charge in [0.25, 0.3) is 0 Å². The van der Waals surface area contributed by atoms with Gasteiger partial charge >= 0.3 is 0 Å². The van der Waals surface area contributed by atoms with E-state index in [4.69, 9.17) is 0 Å². The molecule has 0 aliphatic carbocycles. The minimum atomic E-state index is -0.350. The molecule has 3 atom stereocenters. The minimum Gasteiger partial charge on any atom is -0.352 e. The number of hydrogen-bond donors (Lipinski definition) is 1. The van der Waals surface area contributed by atoms with Crippen LogP contribution in [0.25, 0.3) is 0 Å². The Balaban J connectivity index is 1.04. The van der Waals surface area contributed by atoms with Crippen molar-refractivity contribution in [2.75, 3.05) is 65.3 Å². The van der Waals surface area contributed by atoms with Gasteiger partial charge in [0.1, 0.15) is 18.2 Å². The van der Waals surface area contributed by atoms with E-state index >= 15 is 0 Å². The highest BCUT2D eigenvalue weighted by molar-refractivity contribution is 6.03. The summed E-state index contributed by atoms with van der Waals surface area (Å²) in [7, 11) is 6.77. The average molecular weight is 723 g/mol. The highest BCUT2D eigenvalue weighted by Gasteiger charge is 2.48. The summed E-state index contributed by atoms with van der Waals surface area (Å²) < 4.78 is 28.2. The van der Waals surface area contributed by atoms with E-state index in [2.05, 4.69) is 67.4 Å². The van der Waals surface area contributed by atoms with Gasteiger partial charge in [-0.25, -0.2) is 8.78 Å². The normalized spacial score (nSPS) is 20.2. The molecule has 9 heteroatoms. The van der Waals surface area contributed by atoms with Crippen molar-refractivity contribution < 1.29 is 22.9 Å². The Hall–Kier alpha value is -4.44. The van der Waals surface area contributed by atoms with Crippen molar-refractivity contribution in [1.29, 1.82) is 0 Å². The van der Waals surface area contributed by atoms with E-state index in [9.17, 15) is 18.4 Å². The molecule has 0 saturated carbocycles. The number of nitrogens with zero attached hydrogens (tertiary/aromatic N) is 4. The van der Waals surface area contributed by atoms with E-state index < -0.39 is 0 Å².